The van der Waals surface area contributed by atoms with Crippen molar-refractivity contribution in [3.05, 3.63) is 41.5 Å². The summed E-state index contributed by atoms with van der Waals surface area (Å²) < 4.78 is 0. The predicted molar refractivity (Wildman–Crippen MR) is 87.1 cm³/mol. The maximum Gasteiger partial charge on any atom is 0.335 e. The summed E-state index contributed by atoms with van der Waals surface area (Å²) in [6.07, 6.45) is 9.51. The molecule has 1 saturated carbocycles. The van der Waals surface area contributed by atoms with Gasteiger partial charge in [0.15, 0.2) is 0 Å². The summed E-state index contributed by atoms with van der Waals surface area (Å²) in [5.41, 5.74) is 4.63. The first-order valence-corrected chi connectivity index (χ1v) is 7.57. The standard InChI is InChI=1S/C17H23N3O/c1-14(12-15-8-4-2-5-9-15)13-18-20-17(21)19-16-10-6-3-7-11-16/h2,4-5,8-9,12-13,16H,3,6-7,10-11H2,1H3,(H2,19,20,21)/b14-12-,18-13-. The predicted octanol–water partition coefficient (Wildman–Crippen LogP) is 3.71. The minimum absolute atomic E-state index is 0.217. The number of carbonyl (C=O) groups is 1. The second kappa shape index (κ2) is 8.25. The molecule has 0 spiro atoms. The fraction of sp³-hybridized carbons (Fsp3) is 0.412. The molecule has 112 valence electrons. The summed E-state index contributed by atoms with van der Waals surface area (Å²) in [4.78, 5) is 11.7. The van der Waals surface area contributed by atoms with E-state index in [4.69, 9.17) is 0 Å². The molecule has 0 saturated heterocycles. The third-order valence-corrected chi connectivity index (χ3v) is 3.57. The third-order valence-electron chi connectivity index (χ3n) is 3.57. The van der Waals surface area contributed by atoms with Crippen molar-refractivity contribution in [1.82, 2.24) is 10.7 Å². The molecule has 1 aliphatic carbocycles. The van der Waals surface area contributed by atoms with Crippen LogP contribution in [0.3, 0.4) is 0 Å². The van der Waals surface area contributed by atoms with Gasteiger partial charge in [0.1, 0.15) is 0 Å². The highest BCUT2D eigenvalue weighted by atomic mass is 16.2. The topological polar surface area (TPSA) is 53.5 Å². The van der Waals surface area contributed by atoms with Crippen LogP contribution in [0.4, 0.5) is 4.79 Å². The number of nitrogens with one attached hydrogen (secondary N) is 2. The number of allylic oxidation sites excluding steroid dienone is 1. The summed E-state index contributed by atoms with van der Waals surface area (Å²) in [5, 5.41) is 6.94. The van der Waals surface area contributed by atoms with Crippen LogP contribution < -0.4 is 10.7 Å². The molecule has 0 radical (unpaired) electrons. The van der Waals surface area contributed by atoms with Crippen molar-refractivity contribution in [2.75, 3.05) is 0 Å². The zero-order valence-corrected chi connectivity index (χ0v) is 12.5. The summed E-state index contributed by atoms with van der Waals surface area (Å²) in [6.45, 7) is 1.96. The summed E-state index contributed by atoms with van der Waals surface area (Å²) in [5.74, 6) is 0. The van der Waals surface area contributed by atoms with Gasteiger partial charge in [-0.15, -0.1) is 0 Å². The first-order chi connectivity index (χ1) is 10.2. The average molecular weight is 285 g/mol. The Hall–Kier alpha value is -2.10. The maximum absolute atomic E-state index is 11.7. The van der Waals surface area contributed by atoms with Crippen molar-refractivity contribution in [2.24, 2.45) is 5.10 Å². The Morgan fingerprint density at radius 3 is 2.62 bits per heavy atom. The fourth-order valence-corrected chi connectivity index (χ4v) is 2.51. The summed E-state index contributed by atoms with van der Waals surface area (Å²) in [7, 11) is 0. The monoisotopic (exact) mass is 285 g/mol. The van der Waals surface area contributed by atoms with Crippen LogP contribution in [-0.2, 0) is 0 Å². The molecule has 0 unspecified atom stereocenters. The molecule has 2 rings (SSSR count). The van der Waals surface area contributed by atoms with Gasteiger partial charge in [-0.25, -0.2) is 10.2 Å². The van der Waals surface area contributed by atoms with E-state index in [1.54, 1.807) is 6.21 Å². The Bertz CT molecular complexity index is 502. The van der Waals surface area contributed by atoms with E-state index in [1.807, 2.05) is 43.3 Å². The van der Waals surface area contributed by atoms with Gasteiger partial charge in [0, 0.05) is 6.04 Å². The van der Waals surface area contributed by atoms with Gasteiger partial charge in [-0.3, -0.25) is 0 Å². The second-order valence-corrected chi connectivity index (χ2v) is 5.48. The van der Waals surface area contributed by atoms with Crippen LogP contribution in [0, 0.1) is 0 Å². The van der Waals surface area contributed by atoms with E-state index in [9.17, 15) is 4.79 Å². The van der Waals surface area contributed by atoms with E-state index < -0.39 is 0 Å². The Kier molecular flexibility index (Phi) is 6.00. The Morgan fingerprint density at radius 2 is 1.90 bits per heavy atom. The molecular formula is C17H23N3O. The third kappa shape index (κ3) is 5.81. The number of nitrogens with zero attached hydrogens (tertiary/aromatic N) is 1. The number of benzene rings is 1. The van der Waals surface area contributed by atoms with Crippen LogP contribution in [0.2, 0.25) is 0 Å². The highest BCUT2D eigenvalue weighted by Gasteiger charge is 2.14. The average Bonchev–Trinajstić information content (AvgIpc) is 2.49. The van der Waals surface area contributed by atoms with Crippen molar-refractivity contribution in [3.8, 4) is 0 Å². The zero-order valence-electron chi connectivity index (χ0n) is 12.5. The van der Waals surface area contributed by atoms with Gasteiger partial charge >= 0.3 is 6.03 Å². The molecule has 4 nitrogen and oxygen atoms in total. The molecular weight excluding hydrogens is 262 g/mol. The van der Waals surface area contributed by atoms with Gasteiger partial charge < -0.3 is 5.32 Å². The molecule has 1 aromatic rings. The number of rotatable bonds is 4. The normalized spacial score (nSPS) is 16.9. The smallest absolute Gasteiger partial charge is 0.334 e. The largest absolute Gasteiger partial charge is 0.335 e. The van der Waals surface area contributed by atoms with Crippen LogP contribution in [0.1, 0.15) is 44.6 Å². The number of carbonyl (C=O) groups excluding carboxylic acids is 1. The quantitative estimate of drug-likeness (QED) is 0.643. The number of hydrazone groups is 1. The number of hydrogen-bond donors (Lipinski definition) is 2. The Labute approximate surface area is 126 Å². The molecule has 1 fully saturated rings. The molecule has 21 heavy (non-hydrogen) atoms. The van der Waals surface area contributed by atoms with Crippen LogP contribution >= 0.6 is 0 Å². The van der Waals surface area contributed by atoms with Crippen molar-refractivity contribution in [3.63, 3.8) is 0 Å². The van der Waals surface area contributed by atoms with Gasteiger partial charge in [-0.05, 0) is 30.9 Å². The first kappa shape index (κ1) is 15.3. The van der Waals surface area contributed by atoms with Gasteiger partial charge in [0.2, 0.25) is 0 Å². The highest BCUT2D eigenvalue weighted by molar-refractivity contribution is 5.85. The van der Waals surface area contributed by atoms with E-state index >= 15 is 0 Å². The molecule has 4 heteroatoms. The lowest BCUT2D eigenvalue weighted by atomic mass is 9.96. The minimum Gasteiger partial charge on any atom is -0.334 e. The van der Waals surface area contributed by atoms with E-state index in [2.05, 4.69) is 15.8 Å². The van der Waals surface area contributed by atoms with Gasteiger partial charge in [-0.1, -0.05) is 55.7 Å². The van der Waals surface area contributed by atoms with Crippen LogP contribution in [0.15, 0.2) is 41.0 Å². The number of urea groups is 1. The minimum atomic E-state index is -0.217. The molecule has 0 heterocycles. The lowest BCUT2D eigenvalue weighted by Crippen LogP contribution is -2.41. The lowest BCUT2D eigenvalue weighted by Gasteiger charge is -2.22. The first-order valence-electron chi connectivity index (χ1n) is 7.57. The van der Waals surface area contributed by atoms with E-state index in [0.717, 1.165) is 24.0 Å². The molecule has 0 bridgehead atoms. The second-order valence-electron chi connectivity index (χ2n) is 5.48. The summed E-state index contributed by atoms with van der Waals surface area (Å²) >= 11 is 0. The van der Waals surface area contributed by atoms with Crippen LogP contribution in [0.5, 0.6) is 0 Å². The molecule has 0 atom stereocenters. The molecule has 1 aromatic carbocycles. The molecule has 1 aliphatic rings. The summed E-state index contributed by atoms with van der Waals surface area (Å²) in [6, 6.07) is 10.1. The Balaban J connectivity index is 1.76. The highest BCUT2D eigenvalue weighted by Crippen LogP contribution is 2.17. The molecule has 0 aromatic heterocycles. The molecule has 2 amide bonds. The van der Waals surface area contributed by atoms with Crippen molar-refractivity contribution in [2.45, 2.75) is 45.1 Å². The van der Waals surface area contributed by atoms with Crippen LogP contribution in [0.25, 0.3) is 6.08 Å². The van der Waals surface area contributed by atoms with Gasteiger partial charge in [-0.2, -0.15) is 5.10 Å². The van der Waals surface area contributed by atoms with E-state index in [1.165, 1.54) is 19.3 Å². The Morgan fingerprint density at radius 1 is 1.19 bits per heavy atom. The van der Waals surface area contributed by atoms with Gasteiger partial charge in [0.05, 0.1) is 6.21 Å². The molecule has 0 aliphatic heterocycles. The fourth-order valence-electron chi connectivity index (χ4n) is 2.51. The van der Waals surface area contributed by atoms with Gasteiger partial charge in [0.25, 0.3) is 0 Å². The molecule has 2 N–H and O–H groups in total. The van der Waals surface area contributed by atoms with Crippen molar-refractivity contribution < 1.29 is 4.79 Å². The zero-order chi connectivity index (χ0) is 14.9. The number of hydrogen-bond acceptors (Lipinski definition) is 2. The maximum atomic E-state index is 11.7. The van der Waals surface area contributed by atoms with E-state index in [0.29, 0.717) is 6.04 Å². The van der Waals surface area contributed by atoms with E-state index in [-0.39, 0.29) is 6.03 Å². The number of amides is 2. The lowest BCUT2D eigenvalue weighted by molar-refractivity contribution is 0.233. The van der Waals surface area contributed by atoms with Crippen LogP contribution in [-0.4, -0.2) is 18.3 Å². The van der Waals surface area contributed by atoms with Crippen molar-refractivity contribution >= 4 is 18.3 Å². The van der Waals surface area contributed by atoms with Crippen molar-refractivity contribution in [1.29, 1.82) is 0 Å². The SMILES string of the molecule is CC(/C=N\NC(=O)NC1CCCCC1)=C/c1ccccc1.